The molecular weight excluding hydrogens is 192 g/mol. The van der Waals surface area contributed by atoms with E-state index in [4.69, 9.17) is 0 Å². The number of rotatable bonds is 5. The van der Waals surface area contributed by atoms with Gasteiger partial charge in [-0.2, -0.15) is 0 Å². The molecule has 0 fully saturated rings. The predicted octanol–water partition coefficient (Wildman–Crippen LogP) is 0.398. The second-order valence-electron chi connectivity index (χ2n) is 4.54. The predicted molar refractivity (Wildman–Crippen MR) is 58.0 cm³/mol. The second kappa shape index (κ2) is 4.57. The van der Waals surface area contributed by atoms with Gasteiger partial charge in [0.25, 0.3) is 11.8 Å². The van der Waals surface area contributed by atoms with Gasteiger partial charge in [-0.3, -0.25) is 14.5 Å². The number of amides is 2. The Morgan fingerprint density at radius 1 is 1.13 bits per heavy atom. The van der Waals surface area contributed by atoms with Crippen LogP contribution in [0.1, 0.15) is 13.3 Å². The van der Waals surface area contributed by atoms with Crippen molar-refractivity contribution in [2.45, 2.75) is 13.3 Å². The van der Waals surface area contributed by atoms with Gasteiger partial charge in [0.15, 0.2) is 0 Å². The highest BCUT2D eigenvalue weighted by Gasteiger charge is 2.25. The van der Waals surface area contributed by atoms with Crippen LogP contribution in [-0.4, -0.2) is 54.9 Å². The molecule has 0 spiro atoms. The second-order valence-corrected chi connectivity index (χ2v) is 4.54. The van der Waals surface area contributed by atoms with Gasteiger partial charge in [0.1, 0.15) is 0 Å². The third-order valence-corrected chi connectivity index (χ3v) is 2.66. The van der Waals surface area contributed by atoms with Crippen molar-refractivity contribution >= 4 is 11.8 Å². The quantitative estimate of drug-likeness (QED) is 0.487. The summed E-state index contributed by atoms with van der Waals surface area (Å²) in [6, 6.07) is 0. The van der Waals surface area contributed by atoms with Gasteiger partial charge in [-0.15, -0.1) is 0 Å². The van der Waals surface area contributed by atoms with Gasteiger partial charge < -0.3 is 4.48 Å². The summed E-state index contributed by atoms with van der Waals surface area (Å²) in [7, 11) is 4.23. The van der Waals surface area contributed by atoms with Crippen LogP contribution >= 0.6 is 0 Å². The van der Waals surface area contributed by atoms with Gasteiger partial charge in [0, 0.05) is 12.2 Å². The molecule has 0 atom stereocenters. The van der Waals surface area contributed by atoms with Gasteiger partial charge >= 0.3 is 0 Å². The molecule has 2 amide bonds. The van der Waals surface area contributed by atoms with E-state index in [0.29, 0.717) is 6.54 Å². The Labute approximate surface area is 90.7 Å². The molecule has 15 heavy (non-hydrogen) atoms. The highest BCUT2D eigenvalue weighted by atomic mass is 16.2. The maximum atomic E-state index is 11.3. The zero-order valence-electron chi connectivity index (χ0n) is 9.69. The van der Waals surface area contributed by atoms with E-state index in [-0.39, 0.29) is 11.8 Å². The molecule has 0 aromatic carbocycles. The summed E-state index contributed by atoms with van der Waals surface area (Å²) < 4.78 is 0.841. The molecule has 0 bridgehead atoms. The van der Waals surface area contributed by atoms with E-state index in [9.17, 15) is 9.59 Å². The number of nitrogens with zero attached hydrogens (tertiary/aromatic N) is 2. The maximum absolute atomic E-state index is 11.3. The fourth-order valence-corrected chi connectivity index (χ4v) is 1.74. The lowest BCUT2D eigenvalue weighted by molar-refractivity contribution is -0.889. The van der Waals surface area contributed by atoms with E-state index in [1.165, 1.54) is 17.1 Å². The molecule has 0 radical (unpaired) electrons. The first-order valence-corrected chi connectivity index (χ1v) is 5.32. The largest absolute Gasteiger partial charge is 0.327 e. The Hall–Kier alpha value is -1.16. The summed E-state index contributed by atoms with van der Waals surface area (Å²) in [6.45, 7) is 4.52. The normalized spacial score (nSPS) is 16.6. The third kappa shape index (κ3) is 3.16. The molecule has 1 aliphatic heterocycles. The van der Waals surface area contributed by atoms with Gasteiger partial charge in [-0.05, 0) is 6.42 Å². The lowest BCUT2D eigenvalue weighted by Crippen LogP contribution is -2.47. The minimum atomic E-state index is -0.184. The summed E-state index contributed by atoms with van der Waals surface area (Å²) in [4.78, 5) is 23.8. The van der Waals surface area contributed by atoms with Crippen molar-refractivity contribution in [3.8, 4) is 0 Å². The fourth-order valence-electron chi connectivity index (χ4n) is 1.74. The van der Waals surface area contributed by atoms with Crippen molar-refractivity contribution in [1.82, 2.24) is 4.90 Å². The first-order valence-electron chi connectivity index (χ1n) is 5.32. The van der Waals surface area contributed by atoms with E-state index in [1.807, 2.05) is 0 Å². The SMILES string of the molecule is CCC[N+](C)(C)CCN1C(=O)C=CC1=O. The lowest BCUT2D eigenvalue weighted by atomic mass is 10.3. The Bertz CT molecular complexity index is 277. The summed E-state index contributed by atoms with van der Waals surface area (Å²) in [5.74, 6) is -0.368. The van der Waals surface area contributed by atoms with Crippen LogP contribution in [0.2, 0.25) is 0 Å². The van der Waals surface area contributed by atoms with Gasteiger partial charge in [-0.1, -0.05) is 6.92 Å². The van der Waals surface area contributed by atoms with Gasteiger partial charge in [-0.25, -0.2) is 0 Å². The van der Waals surface area contributed by atoms with Crippen molar-refractivity contribution in [1.29, 1.82) is 0 Å². The molecule has 4 heteroatoms. The first-order chi connectivity index (χ1) is 6.96. The molecule has 0 saturated heterocycles. The topological polar surface area (TPSA) is 37.4 Å². The Kier molecular flexibility index (Phi) is 3.63. The molecule has 1 rings (SSSR count). The molecule has 4 nitrogen and oxygen atoms in total. The van der Waals surface area contributed by atoms with E-state index < -0.39 is 0 Å². The number of hydrogen-bond acceptors (Lipinski definition) is 2. The van der Waals surface area contributed by atoms with Crippen LogP contribution in [-0.2, 0) is 9.59 Å². The number of carbonyl (C=O) groups excluding carboxylic acids is 2. The Balaban J connectivity index is 2.44. The summed E-state index contributed by atoms with van der Waals surface area (Å²) >= 11 is 0. The average molecular weight is 211 g/mol. The van der Waals surface area contributed by atoms with Crippen molar-refractivity contribution in [2.24, 2.45) is 0 Å². The number of hydrogen-bond donors (Lipinski definition) is 0. The van der Waals surface area contributed by atoms with E-state index in [2.05, 4.69) is 21.0 Å². The summed E-state index contributed by atoms with van der Waals surface area (Å²) in [5.41, 5.74) is 0. The van der Waals surface area contributed by atoms with Crippen molar-refractivity contribution in [3.05, 3.63) is 12.2 Å². The Morgan fingerprint density at radius 3 is 2.13 bits per heavy atom. The van der Waals surface area contributed by atoms with Crippen LogP contribution in [0.15, 0.2) is 12.2 Å². The third-order valence-electron chi connectivity index (χ3n) is 2.66. The molecule has 1 heterocycles. The number of likely N-dealkylation sites (N-methyl/N-ethyl adjacent to an activating group) is 1. The molecule has 0 N–H and O–H groups in total. The number of carbonyl (C=O) groups is 2. The van der Waals surface area contributed by atoms with Crippen molar-refractivity contribution < 1.29 is 14.1 Å². The molecule has 0 saturated carbocycles. The monoisotopic (exact) mass is 211 g/mol. The summed E-state index contributed by atoms with van der Waals surface area (Å²) in [5, 5.41) is 0. The molecular formula is C11H19N2O2+. The van der Waals surface area contributed by atoms with E-state index in [0.717, 1.165) is 24.0 Å². The van der Waals surface area contributed by atoms with Crippen LogP contribution in [0.4, 0.5) is 0 Å². The van der Waals surface area contributed by atoms with Gasteiger partial charge in [0.05, 0.1) is 33.7 Å². The average Bonchev–Trinajstić information content (AvgIpc) is 2.44. The number of imide groups is 1. The standard InChI is InChI=1S/C11H19N2O2/c1-4-8-13(2,3)9-7-12-10(14)5-6-11(12)15/h5-6H,4,7-9H2,1-3H3/q+1. The molecule has 0 aromatic rings. The lowest BCUT2D eigenvalue weighted by Gasteiger charge is -2.30. The summed E-state index contributed by atoms with van der Waals surface area (Å²) in [6.07, 6.45) is 3.78. The fraction of sp³-hybridized carbons (Fsp3) is 0.636. The number of quaternary nitrogens is 1. The van der Waals surface area contributed by atoms with E-state index >= 15 is 0 Å². The minimum absolute atomic E-state index is 0.184. The highest BCUT2D eigenvalue weighted by molar-refractivity contribution is 6.12. The minimum Gasteiger partial charge on any atom is -0.327 e. The van der Waals surface area contributed by atoms with Crippen LogP contribution in [0.5, 0.6) is 0 Å². The zero-order valence-corrected chi connectivity index (χ0v) is 9.69. The molecule has 0 aliphatic carbocycles. The van der Waals surface area contributed by atoms with E-state index in [1.54, 1.807) is 0 Å². The van der Waals surface area contributed by atoms with Crippen molar-refractivity contribution in [3.63, 3.8) is 0 Å². The van der Waals surface area contributed by atoms with Gasteiger partial charge in [0.2, 0.25) is 0 Å². The molecule has 1 aliphatic rings. The van der Waals surface area contributed by atoms with Crippen LogP contribution in [0.3, 0.4) is 0 Å². The smallest absolute Gasteiger partial charge is 0.253 e. The first kappa shape index (κ1) is 11.9. The highest BCUT2D eigenvalue weighted by Crippen LogP contribution is 2.06. The maximum Gasteiger partial charge on any atom is 0.253 e. The molecule has 0 aromatic heterocycles. The van der Waals surface area contributed by atoms with Crippen LogP contribution < -0.4 is 0 Å². The Morgan fingerprint density at radius 2 is 1.67 bits per heavy atom. The molecule has 84 valence electrons. The molecule has 0 unspecified atom stereocenters. The van der Waals surface area contributed by atoms with Crippen LogP contribution in [0.25, 0.3) is 0 Å². The van der Waals surface area contributed by atoms with Crippen LogP contribution in [0, 0.1) is 0 Å². The zero-order chi connectivity index (χ0) is 11.5. The van der Waals surface area contributed by atoms with Crippen molar-refractivity contribution in [2.75, 3.05) is 33.7 Å².